The monoisotopic (exact) mass is 291 g/mol. The van der Waals surface area contributed by atoms with Gasteiger partial charge in [-0.1, -0.05) is 6.92 Å². The van der Waals surface area contributed by atoms with E-state index >= 15 is 0 Å². The van der Waals surface area contributed by atoms with Crippen molar-refractivity contribution in [2.24, 2.45) is 11.3 Å². The zero-order chi connectivity index (χ0) is 14.9. The van der Waals surface area contributed by atoms with Gasteiger partial charge in [0.25, 0.3) is 0 Å². The quantitative estimate of drug-likeness (QED) is 0.774. The number of rotatable bonds is 8. The lowest BCUT2D eigenvalue weighted by Crippen LogP contribution is -2.30. The van der Waals surface area contributed by atoms with Crippen molar-refractivity contribution in [1.82, 2.24) is 5.32 Å². The third-order valence-corrected chi connectivity index (χ3v) is 5.02. The number of carbonyl (C=O) groups excluding carboxylic acids is 1. The smallest absolute Gasteiger partial charge is 0.220 e. The van der Waals surface area contributed by atoms with E-state index in [9.17, 15) is 4.79 Å². The summed E-state index contributed by atoms with van der Waals surface area (Å²) < 4.78 is 5.81. The van der Waals surface area contributed by atoms with Gasteiger partial charge in [0.2, 0.25) is 5.91 Å². The Morgan fingerprint density at radius 3 is 2.86 bits per heavy atom. The minimum Gasteiger partial charge on any atom is -0.466 e. The molecule has 1 heterocycles. The molecule has 4 nitrogen and oxygen atoms in total. The normalized spacial score (nSPS) is 25.6. The van der Waals surface area contributed by atoms with E-state index in [2.05, 4.69) is 18.3 Å². The minimum absolute atomic E-state index is 0.0805. The summed E-state index contributed by atoms with van der Waals surface area (Å²) in [6, 6.07) is 4.06. The van der Waals surface area contributed by atoms with Gasteiger partial charge in [0, 0.05) is 31.9 Å². The van der Waals surface area contributed by atoms with Crippen LogP contribution in [0.15, 0.2) is 16.5 Å². The summed E-state index contributed by atoms with van der Waals surface area (Å²) in [6.07, 6.45) is 5.40. The van der Waals surface area contributed by atoms with Crippen LogP contribution in [0.2, 0.25) is 0 Å². The predicted octanol–water partition coefficient (Wildman–Crippen LogP) is 2.61. The number of hydrogen-bond acceptors (Lipinski definition) is 3. The second kappa shape index (κ2) is 5.84. The average Bonchev–Trinajstić information content (AvgIpc) is 3.35. The van der Waals surface area contributed by atoms with E-state index in [1.807, 2.05) is 6.07 Å². The third kappa shape index (κ3) is 3.67. The summed E-state index contributed by atoms with van der Waals surface area (Å²) >= 11 is 0. The summed E-state index contributed by atoms with van der Waals surface area (Å²) in [5, 5.41) is 12.0. The number of aliphatic hydroxyl groups is 1. The van der Waals surface area contributed by atoms with E-state index in [-0.39, 0.29) is 17.9 Å². The minimum atomic E-state index is 0.0805. The molecule has 1 amide bonds. The first kappa shape index (κ1) is 14.6. The van der Waals surface area contributed by atoms with Gasteiger partial charge in [0.15, 0.2) is 0 Å². The zero-order valence-corrected chi connectivity index (χ0v) is 12.7. The Bertz CT molecular complexity index is 504. The Labute approximate surface area is 125 Å². The van der Waals surface area contributed by atoms with Crippen LogP contribution in [0.25, 0.3) is 0 Å². The number of hydrogen-bond donors (Lipinski definition) is 2. The number of aliphatic hydroxyl groups excluding tert-OH is 1. The van der Waals surface area contributed by atoms with Gasteiger partial charge >= 0.3 is 0 Å². The highest BCUT2D eigenvalue weighted by atomic mass is 16.3. The summed E-state index contributed by atoms with van der Waals surface area (Å²) in [5.74, 6) is 3.42. The molecular formula is C17H25NO3. The Hall–Kier alpha value is -1.29. The lowest BCUT2D eigenvalue weighted by Gasteiger charge is -2.14. The van der Waals surface area contributed by atoms with E-state index in [1.165, 1.54) is 6.42 Å². The van der Waals surface area contributed by atoms with Gasteiger partial charge in [0.1, 0.15) is 11.5 Å². The largest absolute Gasteiger partial charge is 0.466 e. The van der Waals surface area contributed by atoms with E-state index < -0.39 is 0 Å². The highest BCUT2D eigenvalue weighted by Crippen LogP contribution is 2.48. The molecule has 2 aliphatic carbocycles. The second-order valence-corrected chi connectivity index (χ2v) is 6.87. The van der Waals surface area contributed by atoms with Crippen LogP contribution in [0.1, 0.15) is 56.5 Å². The van der Waals surface area contributed by atoms with Crippen molar-refractivity contribution in [3.63, 3.8) is 0 Å². The molecular weight excluding hydrogens is 266 g/mol. The molecule has 2 fully saturated rings. The van der Waals surface area contributed by atoms with E-state index in [0.717, 1.165) is 36.7 Å². The van der Waals surface area contributed by atoms with Gasteiger partial charge in [-0.2, -0.15) is 0 Å². The van der Waals surface area contributed by atoms with Crippen molar-refractivity contribution >= 4 is 5.91 Å². The third-order valence-electron chi connectivity index (χ3n) is 5.02. The first-order chi connectivity index (χ1) is 10.1. The Kier molecular flexibility index (Phi) is 4.07. The fourth-order valence-electron chi connectivity index (χ4n) is 2.99. The first-order valence-corrected chi connectivity index (χ1v) is 8.08. The predicted molar refractivity (Wildman–Crippen MR) is 79.9 cm³/mol. The van der Waals surface area contributed by atoms with Crippen LogP contribution in [0.5, 0.6) is 0 Å². The molecule has 1 aromatic heterocycles. The summed E-state index contributed by atoms with van der Waals surface area (Å²) in [4.78, 5) is 11.9. The van der Waals surface area contributed by atoms with E-state index in [4.69, 9.17) is 9.52 Å². The molecule has 116 valence electrons. The SMILES string of the molecule is CC1CC1c1ccc(CCC(=O)NCC2(CCO)CC2)o1. The standard InChI is InChI=1S/C17H25NO3/c1-12-10-14(12)15-4-2-13(21-15)3-5-16(20)18-11-17(6-7-17)8-9-19/h2,4,12,14,19H,3,5-11H2,1H3,(H,18,20). The number of amides is 1. The van der Waals surface area contributed by atoms with Gasteiger partial charge < -0.3 is 14.8 Å². The van der Waals surface area contributed by atoms with Crippen LogP contribution < -0.4 is 5.32 Å². The van der Waals surface area contributed by atoms with Crippen molar-refractivity contribution in [3.8, 4) is 0 Å². The maximum atomic E-state index is 11.9. The lowest BCUT2D eigenvalue weighted by atomic mass is 10.0. The molecule has 2 saturated carbocycles. The van der Waals surface area contributed by atoms with E-state index in [1.54, 1.807) is 0 Å². The molecule has 1 aromatic rings. The second-order valence-electron chi connectivity index (χ2n) is 6.87. The number of furan rings is 1. The van der Waals surface area contributed by atoms with Crippen LogP contribution in [-0.4, -0.2) is 24.2 Å². The van der Waals surface area contributed by atoms with Crippen molar-refractivity contribution in [1.29, 1.82) is 0 Å². The van der Waals surface area contributed by atoms with Gasteiger partial charge in [-0.15, -0.1) is 0 Å². The zero-order valence-electron chi connectivity index (χ0n) is 12.7. The van der Waals surface area contributed by atoms with Crippen molar-refractivity contribution in [2.75, 3.05) is 13.2 Å². The number of carbonyl (C=O) groups is 1. The molecule has 0 spiro atoms. The van der Waals surface area contributed by atoms with Crippen LogP contribution in [0, 0.1) is 11.3 Å². The fourth-order valence-corrected chi connectivity index (χ4v) is 2.99. The topological polar surface area (TPSA) is 62.5 Å². The fraction of sp³-hybridized carbons (Fsp3) is 0.706. The lowest BCUT2D eigenvalue weighted by molar-refractivity contribution is -0.121. The Morgan fingerprint density at radius 1 is 1.48 bits per heavy atom. The highest BCUT2D eigenvalue weighted by molar-refractivity contribution is 5.76. The van der Waals surface area contributed by atoms with Gasteiger partial charge in [-0.25, -0.2) is 0 Å². The molecule has 0 aliphatic heterocycles. The van der Waals surface area contributed by atoms with Crippen LogP contribution in [0.3, 0.4) is 0 Å². The highest BCUT2D eigenvalue weighted by Gasteiger charge is 2.41. The summed E-state index contributed by atoms with van der Waals surface area (Å²) in [6.45, 7) is 3.15. The maximum absolute atomic E-state index is 11.9. The Morgan fingerprint density at radius 2 is 2.24 bits per heavy atom. The van der Waals surface area contributed by atoms with Gasteiger partial charge in [-0.05, 0) is 49.1 Å². The number of aryl methyl sites for hydroxylation is 1. The van der Waals surface area contributed by atoms with Crippen LogP contribution in [-0.2, 0) is 11.2 Å². The van der Waals surface area contributed by atoms with Crippen molar-refractivity contribution in [3.05, 3.63) is 23.7 Å². The van der Waals surface area contributed by atoms with Crippen molar-refractivity contribution < 1.29 is 14.3 Å². The Balaban J connectivity index is 1.38. The molecule has 2 unspecified atom stereocenters. The molecule has 0 bridgehead atoms. The number of nitrogens with one attached hydrogen (secondary N) is 1. The van der Waals surface area contributed by atoms with Gasteiger partial charge in [0.05, 0.1) is 0 Å². The molecule has 0 aromatic carbocycles. The van der Waals surface area contributed by atoms with Crippen LogP contribution in [0.4, 0.5) is 0 Å². The molecule has 4 heteroatoms. The molecule has 2 aliphatic rings. The van der Waals surface area contributed by atoms with Crippen LogP contribution >= 0.6 is 0 Å². The molecule has 2 atom stereocenters. The molecule has 21 heavy (non-hydrogen) atoms. The molecule has 2 N–H and O–H groups in total. The maximum Gasteiger partial charge on any atom is 0.220 e. The summed E-state index contributed by atoms with van der Waals surface area (Å²) in [7, 11) is 0. The average molecular weight is 291 g/mol. The van der Waals surface area contributed by atoms with Gasteiger partial charge in [-0.3, -0.25) is 4.79 Å². The van der Waals surface area contributed by atoms with Crippen molar-refractivity contribution in [2.45, 2.75) is 51.4 Å². The van der Waals surface area contributed by atoms with E-state index in [0.29, 0.717) is 25.3 Å². The first-order valence-electron chi connectivity index (χ1n) is 8.08. The molecule has 0 radical (unpaired) electrons. The molecule has 0 saturated heterocycles. The summed E-state index contributed by atoms with van der Waals surface area (Å²) in [5.41, 5.74) is 0.185. The molecule has 3 rings (SSSR count).